The summed E-state index contributed by atoms with van der Waals surface area (Å²) in [6.07, 6.45) is 5.49. The van der Waals surface area contributed by atoms with Gasteiger partial charge in [0, 0.05) is 76.2 Å². The van der Waals surface area contributed by atoms with Crippen LogP contribution < -0.4 is 19.9 Å². The third-order valence-electron chi connectivity index (χ3n) is 11.0. The molecular weight excluding hydrogens is 716 g/mol. The number of imide groups is 1. The van der Waals surface area contributed by atoms with Gasteiger partial charge < -0.3 is 19.5 Å². The van der Waals surface area contributed by atoms with Crippen molar-refractivity contribution in [2.24, 2.45) is 13.0 Å². The largest absolute Gasteiger partial charge is 0.453 e. The predicted molar refractivity (Wildman–Crippen MR) is 202 cm³/mol. The SMILES string of the molecule is Cc1nn(C)cc1-c1nc2ncc(Cl)c(Oc3ccc(N4CCN(CC5CCN(c6ccc([C@H]7CCC(=O)NC7=O)c(F)c6F)CC5)[C@@H](C)C4)cc3)c2[nH]1. The summed E-state index contributed by atoms with van der Waals surface area (Å²) in [4.78, 5) is 43.0. The molecule has 0 unspecified atom stereocenters. The first kappa shape index (κ1) is 35.9. The lowest BCUT2D eigenvalue weighted by molar-refractivity contribution is -0.134. The Morgan fingerprint density at radius 1 is 0.981 bits per heavy atom. The normalized spacial score (nSPS) is 20.2. The van der Waals surface area contributed by atoms with Crippen LogP contribution in [0.1, 0.15) is 49.8 Å². The molecule has 3 aliphatic heterocycles. The van der Waals surface area contributed by atoms with Crippen molar-refractivity contribution in [1.29, 1.82) is 0 Å². The number of aryl methyl sites for hydroxylation is 2. The first-order valence-corrected chi connectivity index (χ1v) is 18.8. The number of halogens is 3. The van der Waals surface area contributed by atoms with Crippen LogP contribution in [-0.2, 0) is 16.6 Å². The molecule has 0 aliphatic carbocycles. The van der Waals surface area contributed by atoms with Gasteiger partial charge in [0.25, 0.3) is 0 Å². The van der Waals surface area contributed by atoms with E-state index < -0.39 is 23.5 Å². The minimum absolute atomic E-state index is 0.00509. The van der Waals surface area contributed by atoms with Gasteiger partial charge in [-0.1, -0.05) is 17.7 Å². The van der Waals surface area contributed by atoms with Crippen molar-refractivity contribution in [3.8, 4) is 22.9 Å². The van der Waals surface area contributed by atoms with E-state index >= 15 is 8.78 Å². The zero-order chi connectivity index (χ0) is 37.7. The fourth-order valence-corrected chi connectivity index (χ4v) is 8.24. The molecule has 3 fully saturated rings. The Balaban J connectivity index is 0.850. The number of amides is 2. The Hall–Kier alpha value is -5.08. The van der Waals surface area contributed by atoms with E-state index in [0.717, 1.165) is 56.0 Å². The summed E-state index contributed by atoms with van der Waals surface area (Å²) in [6.45, 7) is 9.08. The van der Waals surface area contributed by atoms with Crippen molar-refractivity contribution in [2.45, 2.75) is 51.5 Å². The van der Waals surface area contributed by atoms with Crippen LogP contribution in [0.25, 0.3) is 22.6 Å². The van der Waals surface area contributed by atoms with E-state index in [0.29, 0.717) is 58.6 Å². The molecule has 0 spiro atoms. The number of hydrogen-bond acceptors (Lipinski definition) is 9. The number of aromatic amines is 1. The van der Waals surface area contributed by atoms with Crippen LogP contribution in [0.3, 0.4) is 0 Å². The number of hydrogen-bond donors (Lipinski definition) is 2. The van der Waals surface area contributed by atoms with Gasteiger partial charge in [0.1, 0.15) is 22.1 Å². The third-order valence-corrected chi connectivity index (χ3v) is 11.3. The van der Waals surface area contributed by atoms with Gasteiger partial charge in [-0.15, -0.1) is 0 Å². The Morgan fingerprint density at radius 2 is 1.76 bits per heavy atom. The van der Waals surface area contributed by atoms with Gasteiger partial charge in [-0.3, -0.25) is 24.5 Å². The smallest absolute Gasteiger partial charge is 0.234 e. The fourth-order valence-electron chi connectivity index (χ4n) is 8.06. The van der Waals surface area contributed by atoms with E-state index in [1.54, 1.807) is 16.9 Å². The van der Waals surface area contributed by atoms with Gasteiger partial charge >= 0.3 is 0 Å². The fraction of sp³-hybridized carbons (Fsp3) is 0.410. The maximum atomic E-state index is 15.3. The number of rotatable bonds is 8. The molecule has 0 bridgehead atoms. The molecule has 6 heterocycles. The van der Waals surface area contributed by atoms with Crippen molar-refractivity contribution in [2.75, 3.05) is 49.1 Å². The summed E-state index contributed by atoms with van der Waals surface area (Å²) in [7, 11) is 1.87. The average molecular weight is 758 g/mol. The topological polar surface area (TPSA) is 125 Å². The summed E-state index contributed by atoms with van der Waals surface area (Å²) < 4.78 is 38.6. The van der Waals surface area contributed by atoms with Crippen molar-refractivity contribution in [3.63, 3.8) is 0 Å². The van der Waals surface area contributed by atoms with Gasteiger partial charge in [0.2, 0.25) is 11.8 Å². The number of piperazine rings is 1. The van der Waals surface area contributed by atoms with E-state index in [9.17, 15) is 9.59 Å². The van der Waals surface area contributed by atoms with Crippen LogP contribution in [0, 0.1) is 24.5 Å². The third kappa shape index (κ3) is 7.00. The number of carbonyl (C=O) groups excluding carboxylic acids is 2. The number of fused-ring (bicyclic) bond motifs is 1. The quantitative estimate of drug-likeness (QED) is 0.175. The van der Waals surface area contributed by atoms with E-state index in [1.165, 1.54) is 6.07 Å². The summed E-state index contributed by atoms with van der Waals surface area (Å²) in [5.41, 5.74) is 4.19. The number of H-pyrrole nitrogens is 1. The highest BCUT2D eigenvalue weighted by Gasteiger charge is 2.33. The Bertz CT molecular complexity index is 2220. The standard InChI is InChI=1S/C39H42ClF2N9O3/c1-22-19-51(25-4-6-26(7-5-25)54-36-30(40)18-43-38-35(36)45-37(46-38)29-21-48(3)47-23(29)2)17-16-50(22)20-24-12-14-49(15-13-24)31-10-8-27(33(41)34(31)42)28-9-11-32(52)44-39(28)53/h4-8,10,18,21-22,24,28H,9,11-17,19-20H2,1-3H3,(H,43,45,46)(H,44,52,53)/t22-,28+/m0/s1. The number of nitrogens with one attached hydrogen (secondary N) is 2. The summed E-state index contributed by atoms with van der Waals surface area (Å²) in [6, 6.07) is 11.4. The number of benzene rings is 2. The van der Waals surface area contributed by atoms with Crippen molar-refractivity contribution in [1.82, 2.24) is 34.9 Å². The van der Waals surface area contributed by atoms with Crippen molar-refractivity contribution in [3.05, 3.63) is 76.7 Å². The molecule has 12 nitrogen and oxygen atoms in total. The maximum absolute atomic E-state index is 15.3. The molecule has 0 saturated carbocycles. The lowest BCUT2D eigenvalue weighted by Gasteiger charge is -2.43. The van der Waals surface area contributed by atoms with Gasteiger partial charge in [-0.25, -0.2) is 18.7 Å². The number of imidazole rings is 1. The molecule has 3 aromatic heterocycles. The average Bonchev–Trinajstić information content (AvgIpc) is 3.74. The number of ether oxygens (including phenoxy) is 1. The lowest BCUT2D eigenvalue weighted by atomic mass is 9.89. The molecule has 2 amide bonds. The van der Waals surface area contributed by atoms with Crippen molar-refractivity contribution >= 4 is 46.0 Å². The number of anilines is 2. The summed E-state index contributed by atoms with van der Waals surface area (Å²) >= 11 is 6.57. The van der Waals surface area contributed by atoms with Crippen LogP contribution in [0.2, 0.25) is 5.02 Å². The zero-order valence-electron chi connectivity index (χ0n) is 30.4. The van der Waals surface area contributed by atoms with E-state index in [4.69, 9.17) is 16.3 Å². The molecule has 2 atom stereocenters. The highest BCUT2D eigenvalue weighted by Crippen LogP contribution is 2.38. The second-order valence-electron chi connectivity index (χ2n) is 14.6. The van der Waals surface area contributed by atoms with E-state index in [-0.39, 0.29) is 30.0 Å². The molecule has 54 heavy (non-hydrogen) atoms. The Kier molecular flexibility index (Phi) is 9.73. The lowest BCUT2D eigenvalue weighted by Crippen LogP contribution is -2.53. The monoisotopic (exact) mass is 757 g/mol. The molecule has 0 radical (unpaired) electrons. The molecule has 282 valence electrons. The second kappa shape index (κ2) is 14.6. The number of aromatic nitrogens is 5. The van der Waals surface area contributed by atoms with E-state index in [2.05, 4.69) is 54.2 Å². The number of carbonyl (C=O) groups is 2. The van der Waals surface area contributed by atoms with Crippen LogP contribution >= 0.6 is 11.6 Å². The van der Waals surface area contributed by atoms with E-state index in [1.807, 2.05) is 37.2 Å². The number of pyridine rings is 1. The van der Waals surface area contributed by atoms with Gasteiger partial charge in [-0.2, -0.15) is 5.10 Å². The molecule has 3 aliphatic rings. The molecule has 3 saturated heterocycles. The number of piperidine rings is 2. The van der Waals surface area contributed by atoms with Crippen LogP contribution in [0.4, 0.5) is 20.2 Å². The second-order valence-corrected chi connectivity index (χ2v) is 15.1. The predicted octanol–water partition coefficient (Wildman–Crippen LogP) is 6.34. The Labute approximate surface area is 316 Å². The maximum Gasteiger partial charge on any atom is 0.234 e. The molecular formula is C39H42ClF2N9O3. The van der Waals surface area contributed by atoms with Crippen molar-refractivity contribution < 1.29 is 23.1 Å². The molecule has 2 aromatic carbocycles. The molecule has 8 rings (SSSR count). The van der Waals surface area contributed by atoms with Crippen LogP contribution in [0.5, 0.6) is 11.5 Å². The Morgan fingerprint density at radius 3 is 2.46 bits per heavy atom. The molecule has 15 heteroatoms. The summed E-state index contributed by atoms with van der Waals surface area (Å²) in [5, 5.41) is 7.02. The number of nitrogens with zero attached hydrogens (tertiary/aromatic N) is 7. The van der Waals surface area contributed by atoms with Gasteiger partial charge in [0.05, 0.1) is 29.1 Å². The zero-order valence-corrected chi connectivity index (χ0v) is 31.2. The summed E-state index contributed by atoms with van der Waals surface area (Å²) in [5.74, 6) is -1.56. The molecule has 2 N–H and O–H groups in total. The minimum Gasteiger partial charge on any atom is -0.453 e. The first-order valence-electron chi connectivity index (χ1n) is 18.4. The highest BCUT2D eigenvalue weighted by molar-refractivity contribution is 6.32. The molecule has 5 aromatic rings. The highest BCUT2D eigenvalue weighted by atomic mass is 35.5. The van der Waals surface area contributed by atoms with Gasteiger partial charge in [0.15, 0.2) is 23.0 Å². The van der Waals surface area contributed by atoms with Crippen LogP contribution in [0.15, 0.2) is 48.8 Å². The van der Waals surface area contributed by atoms with Crippen LogP contribution in [-0.4, -0.2) is 86.8 Å². The van der Waals surface area contributed by atoms with Gasteiger partial charge in [-0.05, 0) is 69.4 Å². The minimum atomic E-state index is -1.00. The first-order chi connectivity index (χ1) is 26.0.